The standard InChI is InChI=1S/C25H24ClNO5S/c1-16-12-17(2)24(18(3)13-16)22(28)15-32-25(29)19-10-11-21(26)23(14-19)33(30,31)27(4)20-8-6-5-7-9-20/h5-14H,15H2,1-4H3. The highest BCUT2D eigenvalue weighted by Gasteiger charge is 2.26. The number of anilines is 1. The Labute approximate surface area is 198 Å². The summed E-state index contributed by atoms with van der Waals surface area (Å²) < 4.78 is 32.5. The minimum atomic E-state index is -4.04. The lowest BCUT2D eigenvalue weighted by molar-refractivity contribution is 0.0474. The largest absolute Gasteiger partial charge is 0.454 e. The fourth-order valence-electron chi connectivity index (χ4n) is 3.66. The number of rotatable bonds is 7. The zero-order valence-corrected chi connectivity index (χ0v) is 20.3. The number of esters is 1. The van der Waals surface area contributed by atoms with Gasteiger partial charge in [0.2, 0.25) is 5.78 Å². The predicted molar refractivity (Wildman–Crippen MR) is 129 cm³/mol. The zero-order chi connectivity index (χ0) is 24.3. The van der Waals surface area contributed by atoms with Crippen LogP contribution in [0.15, 0.2) is 65.6 Å². The number of carbonyl (C=O) groups is 2. The summed E-state index contributed by atoms with van der Waals surface area (Å²) in [4.78, 5) is 25.0. The average molecular weight is 486 g/mol. The molecule has 0 saturated carbocycles. The van der Waals surface area contributed by atoms with Gasteiger partial charge in [-0.3, -0.25) is 9.10 Å². The second kappa shape index (κ2) is 9.77. The first-order chi connectivity index (χ1) is 15.5. The minimum Gasteiger partial charge on any atom is -0.454 e. The van der Waals surface area contributed by atoms with Crippen LogP contribution in [0.3, 0.4) is 0 Å². The van der Waals surface area contributed by atoms with Crippen molar-refractivity contribution in [1.29, 1.82) is 0 Å². The van der Waals surface area contributed by atoms with E-state index >= 15 is 0 Å². The number of aryl methyl sites for hydroxylation is 3. The second-order valence-corrected chi connectivity index (χ2v) is 10.1. The molecule has 0 saturated heterocycles. The molecule has 0 unspecified atom stereocenters. The van der Waals surface area contributed by atoms with E-state index in [0.717, 1.165) is 27.1 Å². The van der Waals surface area contributed by atoms with Gasteiger partial charge in [-0.25, -0.2) is 13.2 Å². The molecule has 0 radical (unpaired) electrons. The quantitative estimate of drug-likeness (QED) is 0.342. The van der Waals surface area contributed by atoms with Gasteiger partial charge in [0.25, 0.3) is 10.0 Å². The van der Waals surface area contributed by atoms with Crippen molar-refractivity contribution in [3.05, 3.63) is 93.5 Å². The van der Waals surface area contributed by atoms with Gasteiger partial charge in [0, 0.05) is 12.6 Å². The van der Waals surface area contributed by atoms with Crippen LogP contribution in [0.2, 0.25) is 5.02 Å². The van der Waals surface area contributed by atoms with Crippen LogP contribution >= 0.6 is 11.6 Å². The van der Waals surface area contributed by atoms with E-state index in [1.807, 2.05) is 32.9 Å². The summed E-state index contributed by atoms with van der Waals surface area (Å²) in [5.74, 6) is -1.15. The van der Waals surface area contributed by atoms with Crippen molar-refractivity contribution in [2.75, 3.05) is 18.0 Å². The van der Waals surface area contributed by atoms with Crippen LogP contribution in [0.25, 0.3) is 0 Å². The first kappa shape index (κ1) is 24.5. The Kier molecular flexibility index (Phi) is 7.25. The van der Waals surface area contributed by atoms with Crippen molar-refractivity contribution in [3.8, 4) is 0 Å². The summed E-state index contributed by atoms with van der Waals surface area (Å²) in [5.41, 5.74) is 3.57. The third-order valence-corrected chi connectivity index (χ3v) is 7.48. The van der Waals surface area contributed by atoms with Crippen LogP contribution in [0.5, 0.6) is 0 Å². The number of ketones is 1. The Morgan fingerprint density at radius 3 is 2.15 bits per heavy atom. The molecule has 3 aromatic carbocycles. The predicted octanol–water partition coefficient (Wildman–Crippen LogP) is 5.13. The van der Waals surface area contributed by atoms with Gasteiger partial charge in [-0.05, 0) is 62.2 Å². The number of hydrogen-bond donors (Lipinski definition) is 0. The van der Waals surface area contributed by atoms with Crippen LogP contribution in [0, 0.1) is 20.8 Å². The van der Waals surface area contributed by atoms with E-state index in [2.05, 4.69) is 0 Å². The molecule has 0 aliphatic heterocycles. The van der Waals surface area contributed by atoms with E-state index in [4.69, 9.17) is 16.3 Å². The van der Waals surface area contributed by atoms with Gasteiger partial charge in [-0.15, -0.1) is 0 Å². The number of hydrogen-bond acceptors (Lipinski definition) is 5. The lowest BCUT2D eigenvalue weighted by Crippen LogP contribution is -2.27. The first-order valence-corrected chi connectivity index (χ1v) is 12.0. The van der Waals surface area contributed by atoms with Gasteiger partial charge in [0.15, 0.2) is 6.61 Å². The molecule has 0 amide bonds. The molecule has 6 nitrogen and oxygen atoms in total. The van der Waals surface area contributed by atoms with Gasteiger partial charge in [-0.1, -0.05) is 47.5 Å². The highest BCUT2D eigenvalue weighted by Crippen LogP contribution is 2.28. The van der Waals surface area contributed by atoms with E-state index in [-0.39, 0.29) is 21.3 Å². The Morgan fingerprint density at radius 1 is 0.939 bits per heavy atom. The minimum absolute atomic E-state index is 0.0235. The van der Waals surface area contributed by atoms with Crippen molar-refractivity contribution < 1.29 is 22.7 Å². The maximum atomic E-state index is 13.1. The molecule has 172 valence electrons. The van der Waals surface area contributed by atoms with E-state index < -0.39 is 22.6 Å². The second-order valence-electron chi connectivity index (χ2n) is 7.73. The number of benzene rings is 3. The Balaban J connectivity index is 1.82. The number of carbonyl (C=O) groups excluding carboxylic acids is 2. The monoisotopic (exact) mass is 485 g/mol. The van der Waals surface area contributed by atoms with Gasteiger partial charge in [0.05, 0.1) is 16.3 Å². The van der Waals surface area contributed by atoms with Crippen molar-refractivity contribution >= 4 is 39.1 Å². The molecule has 3 rings (SSSR count). The lowest BCUT2D eigenvalue weighted by Gasteiger charge is -2.20. The van der Waals surface area contributed by atoms with E-state index in [1.165, 1.54) is 19.2 Å². The third-order valence-electron chi connectivity index (χ3n) is 5.22. The molecule has 0 aromatic heterocycles. The summed E-state index contributed by atoms with van der Waals surface area (Å²) in [5, 5.41) is -0.0312. The van der Waals surface area contributed by atoms with E-state index in [1.54, 1.807) is 30.3 Å². The maximum absolute atomic E-state index is 13.1. The van der Waals surface area contributed by atoms with Crippen LogP contribution < -0.4 is 4.31 Å². The van der Waals surface area contributed by atoms with Crippen LogP contribution in [0.4, 0.5) is 5.69 Å². The van der Waals surface area contributed by atoms with Crippen molar-refractivity contribution in [2.24, 2.45) is 0 Å². The molecule has 0 bridgehead atoms. The lowest BCUT2D eigenvalue weighted by atomic mass is 9.97. The Hall–Kier alpha value is -3.16. The topological polar surface area (TPSA) is 80.8 Å². The summed E-state index contributed by atoms with van der Waals surface area (Å²) in [6.07, 6.45) is 0. The summed E-state index contributed by atoms with van der Waals surface area (Å²) in [6, 6.07) is 16.1. The fourth-order valence-corrected chi connectivity index (χ4v) is 5.35. The van der Waals surface area contributed by atoms with E-state index in [9.17, 15) is 18.0 Å². The highest BCUT2D eigenvalue weighted by atomic mass is 35.5. The van der Waals surface area contributed by atoms with Crippen LogP contribution in [0.1, 0.15) is 37.4 Å². The molecule has 8 heteroatoms. The van der Waals surface area contributed by atoms with Crippen LogP contribution in [-0.2, 0) is 14.8 Å². The Bertz CT molecular complexity index is 1300. The number of Topliss-reactive ketones (excluding diaryl/α,β-unsaturated/α-hetero) is 1. The number of nitrogens with zero attached hydrogens (tertiary/aromatic N) is 1. The van der Waals surface area contributed by atoms with Gasteiger partial charge < -0.3 is 4.74 Å². The molecular weight excluding hydrogens is 462 g/mol. The first-order valence-electron chi connectivity index (χ1n) is 10.1. The maximum Gasteiger partial charge on any atom is 0.338 e. The van der Waals surface area contributed by atoms with Crippen molar-refractivity contribution in [1.82, 2.24) is 0 Å². The zero-order valence-electron chi connectivity index (χ0n) is 18.8. The molecule has 0 fully saturated rings. The molecule has 0 spiro atoms. The normalized spacial score (nSPS) is 11.2. The molecule has 0 aliphatic rings. The molecule has 3 aromatic rings. The van der Waals surface area contributed by atoms with Gasteiger partial charge in [-0.2, -0.15) is 0 Å². The number of sulfonamides is 1. The summed E-state index contributed by atoms with van der Waals surface area (Å²) >= 11 is 6.16. The Morgan fingerprint density at radius 2 is 1.55 bits per heavy atom. The number of para-hydroxylation sites is 1. The third kappa shape index (κ3) is 5.26. The SMILES string of the molecule is Cc1cc(C)c(C(=O)COC(=O)c2ccc(Cl)c(S(=O)(=O)N(C)c3ccccc3)c2)c(C)c1. The number of halogens is 1. The number of ether oxygens (including phenoxy) is 1. The molecular formula is C25H24ClNO5S. The molecule has 0 atom stereocenters. The van der Waals surface area contributed by atoms with Gasteiger partial charge in [0.1, 0.15) is 4.90 Å². The molecule has 0 heterocycles. The molecule has 0 aliphatic carbocycles. The molecule has 0 N–H and O–H groups in total. The van der Waals surface area contributed by atoms with E-state index in [0.29, 0.717) is 11.3 Å². The fraction of sp³-hybridized carbons (Fsp3) is 0.200. The summed E-state index contributed by atoms with van der Waals surface area (Å²) in [6.45, 7) is 5.14. The van der Waals surface area contributed by atoms with Crippen molar-refractivity contribution in [3.63, 3.8) is 0 Å². The molecule has 33 heavy (non-hydrogen) atoms. The van der Waals surface area contributed by atoms with Gasteiger partial charge >= 0.3 is 5.97 Å². The highest BCUT2D eigenvalue weighted by molar-refractivity contribution is 7.93. The smallest absolute Gasteiger partial charge is 0.338 e. The van der Waals surface area contributed by atoms with Crippen LogP contribution in [-0.4, -0.2) is 33.8 Å². The summed E-state index contributed by atoms with van der Waals surface area (Å²) in [7, 11) is -2.64. The van der Waals surface area contributed by atoms with Crippen molar-refractivity contribution in [2.45, 2.75) is 25.7 Å². The average Bonchev–Trinajstić information content (AvgIpc) is 2.77.